The molecule has 1 unspecified atom stereocenters. The Kier molecular flexibility index (Phi) is 6.17. The number of nitrogens with one attached hydrogen (secondary N) is 1. The molecule has 1 amide bonds. The molecule has 1 aliphatic heterocycles. The van der Waals surface area contributed by atoms with Crippen molar-refractivity contribution in [3.8, 4) is 11.5 Å². The molecule has 0 aromatic heterocycles. The van der Waals surface area contributed by atoms with Crippen molar-refractivity contribution >= 4 is 40.5 Å². The summed E-state index contributed by atoms with van der Waals surface area (Å²) in [5, 5.41) is 10.3. The molecule has 0 radical (unpaired) electrons. The second kappa shape index (κ2) is 8.11. The molecule has 1 aliphatic rings. The van der Waals surface area contributed by atoms with Crippen molar-refractivity contribution in [3.05, 3.63) is 18.2 Å². The minimum Gasteiger partial charge on any atom is -0.480 e. The number of rotatable bonds is 7. The summed E-state index contributed by atoms with van der Waals surface area (Å²) in [6.07, 6.45) is 0. The Morgan fingerprint density at radius 1 is 1.30 bits per heavy atom. The predicted octanol–water partition coefficient (Wildman–Crippen LogP) is 1.36. The molecule has 0 spiro atoms. The first-order chi connectivity index (χ1) is 11.0. The Hall–Kier alpha value is -1.87. The van der Waals surface area contributed by atoms with Crippen LogP contribution in [0.1, 0.15) is 6.92 Å². The largest absolute Gasteiger partial charge is 0.480 e. The number of hydrogen-bond acceptors (Lipinski definition) is 7. The first-order valence-corrected chi connectivity index (χ1v) is 8.51. The molecule has 2 rings (SSSR count). The van der Waals surface area contributed by atoms with E-state index in [0.29, 0.717) is 11.5 Å². The van der Waals surface area contributed by atoms with Gasteiger partial charge in [0, 0.05) is 17.6 Å². The Labute approximate surface area is 141 Å². The molecule has 0 saturated heterocycles. The standard InChI is InChI=1S/C14H15NO6S2/c1-8(16)22-6-12(14(19)15-5-13(17)18)23-9-2-3-10-11(4-9)21-7-20-10/h2-4,12H,5-7H2,1H3,(H,15,19)(H,17,18). The van der Waals surface area contributed by atoms with Gasteiger partial charge in [-0.2, -0.15) is 0 Å². The number of fused-ring (bicyclic) bond motifs is 1. The zero-order valence-corrected chi connectivity index (χ0v) is 13.9. The van der Waals surface area contributed by atoms with E-state index < -0.39 is 23.7 Å². The Morgan fingerprint density at radius 2 is 2.04 bits per heavy atom. The number of carboxylic acids is 1. The van der Waals surface area contributed by atoms with Crippen LogP contribution < -0.4 is 14.8 Å². The Morgan fingerprint density at radius 3 is 2.74 bits per heavy atom. The van der Waals surface area contributed by atoms with E-state index in [1.807, 2.05) is 0 Å². The highest BCUT2D eigenvalue weighted by Crippen LogP contribution is 2.37. The van der Waals surface area contributed by atoms with Crippen molar-refractivity contribution in [1.29, 1.82) is 0 Å². The van der Waals surface area contributed by atoms with Crippen LogP contribution >= 0.6 is 23.5 Å². The van der Waals surface area contributed by atoms with Crippen LogP contribution in [0.5, 0.6) is 11.5 Å². The van der Waals surface area contributed by atoms with Crippen molar-refractivity contribution in [2.75, 3.05) is 19.1 Å². The number of amides is 1. The van der Waals surface area contributed by atoms with Crippen molar-refractivity contribution < 1.29 is 29.0 Å². The van der Waals surface area contributed by atoms with Gasteiger partial charge < -0.3 is 19.9 Å². The van der Waals surface area contributed by atoms with Gasteiger partial charge in [0.1, 0.15) is 6.54 Å². The zero-order chi connectivity index (χ0) is 16.8. The number of benzene rings is 1. The molecule has 0 fully saturated rings. The number of carbonyl (C=O) groups is 3. The van der Waals surface area contributed by atoms with Gasteiger partial charge in [0.25, 0.3) is 0 Å². The van der Waals surface area contributed by atoms with Crippen LogP contribution in [0.15, 0.2) is 23.1 Å². The normalized spacial score (nSPS) is 13.4. The van der Waals surface area contributed by atoms with Gasteiger partial charge in [-0.05, 0) is 18.2 Å². The van der Waals surface area contributed by atoms with Crippen LogP contribution in [-0.2, 0) is 14.4 Å². The van der Waals surface area contributed by atoms with Crippen LogP contribution in [-0.4, -0.2) is 46.4 Å². The van der Waals surface area contributed by atoms with E-state index in [1.165, 1.54) is 18.7 Å². The topological polar surface area (TPSA) is 102 Å². The molecule has 124 valence electrons. The summed E-state index contributed by atoms with van der Waals surface area (Å²) in [6, 6.07) is 5.28. The highest BCUT2D eigenvalue weighted by atomic mass is 32.2. The van der Waals surface area contributed by atoms with Crippen LogP contribution in [0.3, 0.4) is 0 Å². The van der Waals surface area contributed by atoms with E-state index in [-0.39, 0.29) is 17.7 Å². The molecule has 1 atom stereocenters. The third-order valence-corrected chi connectivity index (χ3v) is 5.08. The van der Waals surface area contributed by atoms with Gasteiger partial charge in [0.15, 0.2) is 16.6 Å². The van der Waals surface area contributed by atoms with Crippen LogP contribution in [0.2, 0.25) is 0 Å². The van der Waals surface area contributed by atoms with E-state index in [2.05, 4.69) is 5.32 Å². The molecule has 1 aromatic rings. The maximum atomic E-state index is 12.1. The summed E-state index contributed by atoms with van der Waals surface area (Å²) in [6.45, 7) is 1.12. The molecule has 0 aliphatic carbocycles. The predicted molar refractivity (Wildman–Crippen MR) is 86.0 cm³/mol. The third kappa shape index (κ3) is 5.36. The fourth-order valence-electron chi connectivity index (χ4n) is 1.75. The number of carboxylic acid groups (broad SMARTS) is 1. The number of ether oxygens (including phenoxy) is 2. The van der Waals surface area contributed by atoms with Crippen LogP contribution in [0.25, 0.3) is 0 Å². The molecule has 9 heteroatoms. The summed E-state index contributed by atoms with van der Waals surface area (Å²) in [5.41, 5.74) is 0. The number of hydrogen-bond donors (Lipinski definition) is 2. The fourth-order valence-corrected chi connectivity index (χ4v) is 3.60. The Balaban J connectivity index is 2.05. The van der Waals surface area contributed by atoms with E-state index in [9.17, 15) is 14.4 Å². The zero-order valence-electron chi connectivity index (χ0n) is 12.2. The van der Waals surface area contributed by atoms with Gasteiger partial charge in [-0.3, -0.25) is 14.4 Å². The number of thioether (sulfide) groups is 2. The van der Waals surface area contributed by atoms with Crippen molar-refractivity contribution in [2.24, 2.45) is 0 Å². The summed E-state index contributed by atoms with van der Waals surface area (Å²) in [7, 11) is 0. The Bertz CT molecular complexity index is 621. The van der Waals surface area contributed by atoms with Gasteiger partial charge in [0.2, 0.25) is 12.7 Å². The minimum absolute atomic E-state index is 0.104. The lowest BCUT2D eigenvalue weighted by molar-refractivity contribution is -0.137. The number of carbonyl (C=O) groups excluding carboxylic acids is 2. The van der Waals surface area contributed by atoms with E-state index >= 15 is 0 Å². The molecular formula is C14H15NO6S2. The van der Waals surface area contributed by atoms with Crippen LogP contribution in [0, 0.1) is 0 Å². The lowest BCUT2D eigenvalue weighted by atomic mass is 10.3. The quantitative estimate of drug-likeness (QED) is 0.705. The van der Waals surface area contributed by atoms with Gasteiger partial charge in [-0.25, -0.2) is 0 Å². The number of aliphatic carboxylic acids is 1. The highest BCUT2D eigenvalue weighted by molar-refractivity contribution is 8.14. The molecule has 2 N–H and O–H groups in total. The van der Waals surface area contributed by atoms with E-state index in [4.69, 9.17) is 14.6 Å². The minimum atomic E-state index is -1.12. The average Bonchev–Trinajstić information content (AvgIpc) is 2.96. The molecule has 0 saturated carbocycles. The first-order valence-electron chi connectivity index (χ1n) is 6.65. The maximum Gasteiger partial charge on any atom is 0.322 e. The SMILES string of the molecule is CC(=O)SCC(Sc1ccc2c(c1)OCO2)C(=O)NCC(=O)O. The lowest BCUT2D eigenvalue weighted by Crippen LogP contribution is -2.37. The van der Waals surface area contributed by atoms with Gasteiger partial charge in [-0.1, -0.05) is 11.8 Å². The molecular weight excluding hydrogens is 342 g/mol. The van der Waals surface area contributed by atoms with Crippen molar-refractivity contribution in [1.82, 2.24) is 5.32 Å². The summed E-state index contributed by atoms with van der Waals surface area (Å²) < 4.78 is 10.5. The van der Waals surface area contributed by atoms with Gasteiger partial charge in [0.05, 0.1) is 5.25 Å². The molecule has 23 heavy (non-hydrogen) atoms. The van der Waals surface area contributed by atoms with Gasteiger partial charge in [-0.15, -0.1) is 11.8 Å². The second-order valence-corrected chi connectivity index (χ2v) is 7.01. The highest BCUT2D eigenvalue weighted by Gasteiger charge is 2.23. The average molecular weight is 357 g/mol. The monoisotopic (exact) mass is 357 g/mol. The van der Waals surface area contributed by atoms with Crippen molar-refractivity contribution in [2.45, 2.75) is 17.1 Å². The van der Waals surface area contributed by atoms with Crippen LogP contribution in [0.4, 0.5) is 0 Å². The smallest absolute Gasteiger partial charge is 0.322 e. The third-order valence-electron chi connectivity index (χ3n) is 2.77. The summed E-state index contributed by atoms with van der Waals surface area (Å²) in [5.74, 6) is -0.0636. The van der Waals surface area contributed by atoms with E-state index in [0.717, 1.165) is 16.7 Å². The second-order valence-electron chi connectivity index (χ2n) is 4.54. The fraction of sp³-hybridized carbons (Fsp3) is 0.357. The summed E-state index contributed by atoms with van der Waals surface area (Å²) in [4.78, 5) is 34.6. The molecule has 7 nitrogen and oxygen atoms in total. The first kappa shape index (κ1) is 17.5. The van der Waals surface area contributed by atoms with Crippen molar-refractivity contribution in [3.63, 3.8) is 0 Å². The molecule has 1 aromatic carbocycles. The molecule has 1 heterocycles. The maximum absolute atomic E-state index is 12.1. The summed E-state index contributed by atoms with van der Waals surface area (Å²) >= 11 is 2.27. The van der Waals surface area contributed by atoms with E-state index in [1.54, 1.807) is 18.2 Å². The lowest BCUT2D eigenvalue weighted by Gasteiger charge is -2.15. The molecule has 0 bridgehead atoms. The van der Waals surface area contributed by atoms with Gasteiger partial charge >= 0.3 is 5.97 Å².